The van der Waals surface area contributed by atoms with Crippen LogP contribution in [0.25, 0.3) is 21.8 Å². The van der Waals surface area contributed by atoms with E-state index in [1.165, 1.54) is 27.4 Å². The fraction of sp³-hybridized carbons (Fsp3) is 0.154. The lowest BCUT2D eigenvalue weighted by Gasteiger charge is -2.10. The Morgan fingerprint density at radius 2 is 1.61 bits per heavy atom. The molecule has 0 atom stereocenters. The molecule has 4 nitrogen and oxygen atoms in total. The van der Waals surface area contributed by atoms with E-state index in [1.54, 1.807) is 0 Å². The molecule has 0 bridgehead atoms. The van der Waals surface area contributed by atoms with Crippen molar-refractivity contribution in [3.63, 3.8) is 0 Å². The number of aromatic nitrogens is 3. The summed E-state index contributed by atoms with van der Waals surface area (Å²) >= 11 is 0. The van der Waals surface area contributed by atoms with Gasteiger partial charge >= 0.3 is 0 Å². The average Bonchev–Trinajstić information content (AvgIpc) is 3.26. The van der Waals surface area contributed by atoms with Crippen LogP contribution in [0.5, 0.6) is 0 Å². The summed E-state index contributed by atoms with van der Waals surface area (Å²) in [4.78, 5) is 17.2. The van der Waals surface area contributed by atoms with Crippen LogP contribution in [0.1, 0.15) is 27.4 Å². The van der Waals surface area contributed by atoms with Gasteiger partial charge in [0, 0.05) is 52.7 Å². The fourth-order valence-electron chi connectivity index (χ4n) is 4.27. The molecule has 0 aliphatic rings. The highest BCUT2D eigenvalue weighted by Gasteiger charge is 2.14. The van der Waals surface area contributed by atoms with Crippen LogP contribution < -0.4 is 0 Å². The van der Waals surface area contributed by atoms with E-state index in [1.807, 2.05) is 48.0 Å². The topological polar surface area (TPSA) is 39.8 Å². The highest BCUT2D eigenvalue weighted by molar-refractivity contribution is 8.93. The van der Waals surface area contributed by atoms with Crippen molar-refractivity contribution >= 4 is 44.6 Å². The first-order valence-electron chi connectivity index (χ1n) is 10.2. The first kappa shape index (κ1) is 21.1. The molecule has 0 saturated carbocycles. The lowest BCUT2D eigenvalue weighted by molar-refractivity contribution is 0.0970. The van der Waals surface area contributed by atoms with Crippen LogP contribution in [0.2, 0.25) is 0 Å². The van der Waals surface area contributed by atoms with Crippen molar-refractivity contribution < 1.29 is 4.79 Å². The van der Waals surface area contributed by atoms with Crippen molar-refractivity contribution in [1.29, 1.82) is 0 Å². The fourth-order valence-corrected chi connectivity index (χ4v) is 4.27. The van der Waals surface area contributed by atoms with Crippen molar-refractivity contribution in [3.05, 3.63) is 102 Å². The second-order valence-electron chi connectivity index (χ2n) is 7.78. The zero-order chi connectivity index (χ0) is 20.7. The normalized spacial score (nSPS) is 11.0. The summed E-state index contributed by atoms with van der Waals surface area (Å²) in [5, 5.41) is 2.52. The number of carbonyl (C=O) groups excluding carboxylic acids is 1. The molecular weight excluding hydrogens is 450 g/mol. The molecule has 0 N–H and O–H groups in total. The first-order chi connectivity index (χ1) is 14.6. The minimum Gasteiger partial charge on any atom is -0.344 e. The molecule has 3 aromatic carbocycles. The zero-order valence-corrected chi connectivity index (χ0v) is 19.3. The smallest absolute Gasteiger partial charge is 0.182 e. The highest BCUT2D eigenvalue weighted by atomic mass is 79.9. The number of imidazole rings is 1. The zero-order valence-electron chi connectivity index (χ0n) is 17.6. The lowest BCUT2D eigenvalue weighted by atomic mass is 10.1. The highest BCUT2D eigenvalue weighted by Crippen LogP contribution is 2.29. The van der Waals surface area contributed by atoms with Gasteiger partial charge < -0.3 is 9.13 Å². The molecule has 2 aromatic heterocycles. The van der Waals surface area contributed by atoms with E-state index in [2.05, 4.69) is 59.1 Å². The van der Waals surface area contributed by atoms with Crippen LogP contribution in [0.3, 0.4) is 0 Å². The third kappa shape index (κ3) is 3.81. The van der Waals surface area contributed by atoms with Crippen LogP contribution in [-0.2, 0) is 20.0 Å². The number of Topliss-reactive ketones (excluding diaryl/α,β-unsaturated/α-hetero) is 1. The number of fused-ring (bicyclic) bond motifs is 3. The molecule has 0 spiro atoms. The molecule has 0 aliphatic heterocycles. The molecule has 5 heteroatoms. The van der Waals surface area contributed by atoms with E-state index < -0.39 is 0 Å². The van der Waals surface area contributed by atoms with E-state index in [-0.39, 0.29) is 22.8 Å². The van der Waals surface area contributed by atoms with Gasteiger partial charge in [0.05, 0.1) is 6.54 Å². The largest absolute Gasteiger partial charge is 0.344 e. The summed E-state index contributed by atoms with van der Waals surface area (Å²) < 4.78 is 4.27. The van der Waals surface area contributed by atoms with E-state index in [9.17, 15) is 4.79 Å². The molecule has 0 fully saturated rings. The van der Waals surface area contributed by atoms with Gasteiger partial charge in [-0.15, -0.1) is 17.0 Å². The van der Waals surface area contributed by atoms with Crippen molar-refractivity contribution in [1.82, 2.24) is 14.1 Å². The van der Waals surface area contributed by atoms with Crippen LogP contribution in [0, 0.1) is 6.92 Å². The second-order valence-corrected chi connectivity index (χ2v) is 7.78. The Labute approximate surface area is 191 Å². The molecule has 156 valence electrons. The first-order valence-corrected chi connectivity index (χ1v) is 10.2. The summed E-state index contributed by atoms with van der Waals surface area (Å²) in [5.74, 6) is 0.961. The van der Waals surface area contributed by atoms with Crippen LogP contribution in [0.15, 0.2) is 79.0 Å². The van der Waals surface area contributed by atoms with E-state index >= 15 is 0 Å². The summed E-state index contributed by atoms with van der Waals surface area (Å²) in [5.41, 5.74) is 5.46. The second kappa shape index (κ2) is 8.52. The summed E-state index contributed by atoms with van der Waals surface area (Å²) in [6, 6.07) is 24.6. The van der Waals surface area contributed by atoms with Crippen molar-refractivity contribution in [2.24, 2.45) is 7.05 Å². The Hall–Kier alpha value is -3.18. The number of rotatable bonds is 5. The number of para-hydroxylation sites is 1. The lowest BCUT2D eigenvalue weighted by Crippen LogP contribution is -2.14. The van der Waals surface area contributed by atoms with Gasteiger partial charge in [0.25, 0.3) is 0 Å². The number of carbonyl (C=O) groups is 1. The van der Waals surface area contributed by atoms with Gasteiger partial charge in [-0.25, -0.2) is 4.98 Å². The molecule has 0 aliphatic carbocycles. The van der Waals surface area contributed by atoms with E-state index in [4.69, 9.17) is 0 Å². The molecular formula is C26H24BrN3O. The third-order valence-electron chi connectivity index (χ3n) is 5.90. The summed E-state index contributed by atoms with van der Waals surface area (Å²) in [7, 11) is 2.11. The molecule has 5 aromatic rings. The van der Waals surface area contributed by atoms with Gasteiger partial charge in [0.1, 0.15) is 5.82 Å². The Morgan fingerprint density at radius 1 is 0.903 bits per heavy atom. The Kier molecular flexibility index (Phi) is 5.79. The van der Waals surface area contributed by atoms with Gasteiger partial charge in [-0.2, -0.15) is 0 Å². The van der Waals surface area contributed by atoms with Crippen LogP contribution in [-0.4, -0.2) is 19.9 Å². The van der Waals surface area contributed by atoms with E-state index in [0.717, 1.165) is 23.5 Å². The monoisotopic (exact) mass is 473 g/mol. The molecule has 0 unspecified atom stereocenters. The van der Waals surface area contributed by atoms with Gasteiger partial charge in [-0.05, 0) is 30.7 Å². The molecule has 0 amide bonds. The van der Waals surface area contributed by atoms with Crippen LogP contribution >= 0.6 is 17.0 Å². The van der Waals surface area contributed by atoms with Crippen LogP contribution in [0.4, 0.5) is 0 Å². The maximum absolute atomic E-state index is 12.7. The van der Waals surface area contributed by atoms with Crippen molar-refractivity contribution in [2.75, 3.05) is 0 Å². The summed E-state index contributed by atoms with van der Waals surface area (Å²) in [6.45, 7) is 2.26. The van der Waals surface area contributed by atoms with E-state index in [0.29, 0.717) is 6.54 Å². The SMILES string of the molecule is Br.Cc1ncc(Cc2ccc3c(c2)c2ccccc2n3C)n1CC(=O)c1ccccc1. The number of aryl methyl sites for hydroxylation is 2. The van der Waals surface area contributed by atoms with Gasteiger partial charge in [-0.1, -0.05) is 54.6 Å². The minimum atomic E-state index is 0. The third-order valence-corrected chi connectivity index (χ3v) is 5.90. The maximum atomic E-state index is 12.7. The molecule has 31 heavy (non-hydrogen) atoms. The maximum Gasteiger partial charge on any atom is 0.182 e. The molecule has 0 radical (unpaired) electrons. The van der Waals surface area contributed by atoms with Gasteiger partial charge in [0.15, 0.2) is 5.78 Å². The Morgan fingerprint density at radius 3 is 2.42 bits per heavy atom. The number of hydrogen-bond acceptors (Lipinski definition) is 2. The van der Waals surface area contributed by atoms with Crippen molar-refractivity contribution in [3.8, 4) is 0 Å². The summed E-state index contributed by atoms with van der Waals surface area (Å²) in [6.07, 6.45) is 2.63. The van der Waals surface area contributed by atoms with Gasteiger partial charge in [-0.3, -0.25) is 4.79 Å². The quantitative estimate of drug-likeness (QED) is 0.298. The number of halogens is 1. The Balaban J connectivity index is 0.00000231. The molecule has 2 heterocycles. The Bertz CT molecular complexity index is 1380. The predicted octanol–water partition coefficient (Wildman–Crippen LogP) is 5.89. The van der Waals surface area contributed by atoms with Crippen molar-refractivity contribution in [2.45, 2.75) is 19.9 Å². The molecule has 5 rings (SSSR count). The molecule has 0 saturated heterocycles. The standard InChI is InChI=1S/C26H23N3O.BrH/c1-18-27-16-21(29(18)17-26(30)20-8-4-3-5-9-20)14-19-12-13-25-23(15-19)22-10-6-7-11-24(22)28(25)2;/h3-13,15-16H,14,17H2,1-2H3;1H. The number of hydrogen-bond donors (Lipinski definition) is 0. The number of benzene rings is 3. The minimum absolute atomic E-state index is 0. The van der Waals surface area contributed by atoms with Gasteiger partial charge in [0.2, 0.25) is 0 Å². The predicted molar refractivity (Wildman–Crippen MR) is 131 cm³/mol. The number of nitrogens with zero attached hydrogens (tertiary/aromatic N) is 3. The number of ketones is 1. The average molecular weight is 474 g/mol.